The molecular weight excluding hydrogens is 320 g/mol. The minimum Gasteiger partial charge on any atom is -0.342 e. The van der Waals surface area contributed by atoms with Gasteiger partial charge >= 0.3 is 0 Å². The lowest BCUT2D eigenvalue weighted by atomic mass is 10.1. The SMILES string of the molecule is CCC(NC(=O)c1ccc2c(=O)n(C)cnc2c1)c1ncnn1CC. The van der Waals surface area contributed by atoms with Crippen molar-refractivity contribution >= 4 is 16.8 Å². The first-order chi connectivity index (χ1) is 12.0. The summed E-state index contributed by atoms with van der Waals surface area (Å²) >= 11 is 0. The Labute approximate surface area is 144 Å². The molecule has 8 nitrogen and oxygen atoms in total. The van der Waals surface area contributed by atoms with Crippen molar-refractivity contribution in [1.82, 2.24) is 29.6 Å². The molecule has 1 atom stereocenters. The van der Waals surface area contributed by atoms with Crippen LogP contribution in [0.4, 0.5) is 0 Å². The molecule has 2 heterocycles. The van der Waals surface area contributed by atoms with Crippen LogP contribution in [-0.4, -0.2) is 30.2 Å². The summed E-state index contributed by atoms with van der Waals surface area (Å²) in [6, 6.07) is 4.67. The first-order valence-corrected chi connectivity index (χ1v) is 8.19. The van der Waals surface area contributed by atoms with Gasteiger partial charge in [-0.1, -0.05) is 6.92 Å². The summed E-state index contributed by atoms with van der Waals surface area (Å²) in [5.41, 5.74) is 0.814. The van der Waals surface area contributed by atoms with E-state index in [1.807, 2.05) is 13.8 Å². The van der Waals surface area contributed by atoms with Crippen LogP contribution in [0, 0.1) is 0 Å². The molecule has 0 aliphatic carbocycles. The van der Waals surface area contributed by atoms with E-state index in [9.17, 15) is 9.59 Å². The van der Waals surface area contributed by atoms with Crippen LogP contribution in [0.25, 0.3) is 10.9 Å². The van der Waals surface area contributed by atoms with Crippen LogP contribution < -0.4 is 10.9 Å². The zero-order valence-corrected chi connectivity index (χ0v) is 14.4. The van der Waals surface area contributed by atoms with E-state index in [2.05, 4.69) is 20.4 Å². The van der Waals surface area contributed by atoms with Gasteiger partial charge in [0, 0.05) is 19.2 Å². The van der Waals surface area contributed by atoms with Gasteiger partial charge in [-0.15, -0.1) is 0 Å². The number of hydrogen-bond acceptors (Lipinski definition) is 5. The summed E-state index contributed by atoms with van der Waals surface area (Å²) in [4.78, 5) is 33.2. The number of carbonyl (C=O) groups excluding carboxylic acids is 1. The second kappa shape index (κ2) is 6.84. The number of benzene rings is 1. The predicted octanol–water partition coefficient (Wildman–Crippen LogP) is 1.43. The third-order valence-electron chi connectivity index (χ3n) is 4.15. The van der Waals surface area contributed by atoms with Gasteiger partial charge in [-0.2, -0.15) is 5.10 Å². The highest BCUT2D eigenvalue weighted by atomic mass is 16.1. The predicted molar refractivity (Wildman–Crippen MR) is 93.2 cm³/mol. The van der Waals surface area contributed by atoms with Gasteiger partial charge in [0.1, 0.15) is 12.2 Å². The van der Waals surface area contributed by atoms with Crippen LogP contribution in [0.5, 0.6) is 0 Å². The summed E-state index contributed by atoms with van der Waals surface area (Å²) in [6.45, 7) is 4.64. The molecule has 1 aromatic carbocycles. The Morgan fingerprint density at radius 3 is 2.80 bits per heavy atom. The Hall–Kier alpha value is -3.03. The Morgan fingerprint density at radius 2 is 2.08 bits per heavy atom. The van der Waals surface area contributed by atoms with E-state index >= 15 is 0 Å². The standard InChI is InChI=1S/C17H20N6O2/c1-4-13(15-18-9-20-23(15)5-2)21-16(24)11-6-7-12-14(8-11)19-10-22(3)17(12)25/h6-10,13H,4-5H2,1-3H3,(H,21,24). The second-order valence-corrected chi connectivity index (χ2v) is 5.76. The normalized spacial score (nSPS) is 12.3. The van der Waals surface area contributed by atoms with Gasteiger partial charge in [0.2, 0.25) is 0 Å². The fraction of sp³-hybridized carbons (Fsp3) is 0.353. The van der Waals surface area contributed by atoms with Crippen molar-refractivity contribution in [3.63, 3.8) is 0 Å². The van der Waals surface area contributed by atoms with Crippen LogP contribution in [0.1, 0.15) is 42.5 Å². The van der Waals surface area contributed by atoms with Crippen molar-refractivity contribution in [3.8, 4) is 0 Å². The van der Waals surface area contributed by atoms with E-state index in [0.717, 1.165) is 5.82 Å². The van der Waals surface area contributed by atoms with Crippen molar-refractivity contribution in [3.05, 3.63) is 52.6 Å². The van der Waals surface area contributed by atoms with Crippen molar-refractivity contribution in [2.75, 3.05) is 0 Å². The number of aryl methyl sites for hydroxylation is 2. The van der Waals surface area contributed by atoms with Crippen LogP contribution >= 0.6 is 0 Å². The molecule has 0 radical (unpaired) electrons. The highest BCUT2D eigenvalue weighted by Gasteiger charge is 2.19. The molecule has 1 amide bonds. The lowest BCUT2D eigenvalue weighted by Crippen LogP contribution is -2.30. The van der Waals surface area contributed by atoms with Gasteiger partial charge in [0.25, 0.3) is 11.5 Å². The highest BCUT2D eigenvalue weighted by Crippen LogP contribution is 2.16. The molecule has 1 N–H and O–H groups in total. The third kappa shape index (κ3) is 3.15. The summed E-state index contributed by atoms with van der Waals surface area (Å²) in [5.74, 6) is 0.494. The molecule has 3 rings (SSSR count). The number of rotatable bonds is 5. The Kier molecular flexibility index (Phi) is 4.60. The lowest BCUT2D eigenvalue weighted by molar-refractivity contribution is 0.0933. The average Bonchev–Trinajstić information content (AvgIpc) is 3.10. The van der Waals surface area contributed by atoms with Gasteiger partial charge in [-0.05, 0) is 31.5 Å². The van der Waals surface area contributed by atoms with E-state index in [0.29, 0.717) is 29.4 Å². The summed E-state index contributed by atoms with van der Waals surface area (Å²) < 4.78 is 3.17. The number of nitrogens with zero attached hydrogens (tertiary/aromatic N) is 5. The summed E-state index contributed by atoms with van der Waals surface area (Å²) in [5, 5.41) is 7.61. The van der Waals surface area contributed by atoms with Gasteiger partial charge in [0.15, 0.2) is 0 Å². The maximum atomic E-state index is 12.6. The maximum absolute atomic E-state index is 12.6. The zero-order chi connectivity index (χ0) is 18.0. The molecule has 0 aliphatic rings. The fourth-order valence-corrected chi connectivity index (χ4v) is 2.73. The Morgan fingerprint density at radius 1 is 1.28 bits per heavy atom. The number of fused-ring (bicyclic) bond motifs is 1. The third-order valence-corrected chi connectivity index (χ3v) is 4.15. The minimum atomic E-state index is -0.234. The summed E-state index contributed by atoms with van der Waals surface area (Å²) in [6.07, 6.45) is 3.63. The number of carbonyl (C=O) groups is 1. The highest BCUT2D eigenvalue weighted by molar-refractivity contribution is 5.97. The molecule has 25 heavy (non-hydrogen) atoms. The van der Waals surface area contributed by atoms with Gasteiger partial charge in [0.05, 0.1) is 23.3 Å². The van der Waals surface area contributed by atoms with Crippen molar-refractivity contribution < 1.29 is 4.79 Å². The molecule has 130 valence electrons. The molecule has 0 aliphatic heterocycles. The van der Waals surface area contributed by atoms with E-state index in [-0.39, 0.29) is 17.5 Å². The molecule has 8 heteroatoms. The molecule has 3 aromatic rings. The van der Waals surface area contributed by atoms with E-state index in [1.54, 1.807) is 29.9 Å². The molecular formula is C17H20N6O2. The molecule has 0 saturated carbocycles. The first kappa shape index (κ1) is 16.8. The number of hydrogen-bond donors (Lipinski definition) is 1. The number of aromatic nitrogens is 5. The smallest absolute Gasteiger partial charge is 0.260 e. The molecule has 0 fully saturated rings. The van der Waals surface area contributed by atoms with E-state index in [1.165, 1.54) is 17.2 Å². The molecule has 0 spiro atoms. The fourth-order valence-electron chi connectivity index (χ4n) is 2.73. The molecule has 2 aromatic heterocycles. The van der Waals surface area contributed by atoms with Gasteiger partial charge in [-0.25, -0.2) is 14.6 Å². The molecule has 0 bridgehead atoms. The van der Waals surface area contributed by atoms with Crippen LogP contribution in [0.3, 0.4) is 0 Å². The minimum absolute atomic E-state index is 0.139. The molecule has 0 saturated heterocycles. The summed E-state index contributed by atoms with van der Waals surface area (Å²) in [7, 11) is 1.64. The van der Waals surface area contributed by atoms with E-state index in [4.69, 9.17) is 0 Å². The first-order valence-electron chi connectivity index (χ1n) is 8.19. The monoisotopic (exact) mass is 340 g/mol. The van der Waals surface area contributed by atoms with Crippen molar-refractivity contribution in [2.45, 2.75) is 32.9 Å². The lowest BCUT2D eigenvalue weighted by Gasteiger charge is -2.17. The maximum Gasteiger partial charge on any atom is 0.260 e. The number of amides is 1. The van der Waals surface area contributed by atoms with Crippen LogP contribution in [0.15, 0.2) is 35.6 Å². The largest absolute Gasteiger partial charge is 0.342 e. The van der Waals surface area contributed by atoms with Gasteiger partial charge < -0.3 is 9.88 Å². The van der Waals surface area contributed by atoms with Crippen LogP contribution in [-0.2, 0) is 13.6 Å². The van der Waals surface area contributed by atoms with Crippen LogP contribution in [0.2, 0.25) is 0 Å². The van der Waals surface area contributed by atoms with Gasteiger partial charge in [-0.3, -0.25) is 9.59 Å². The quantitative estimate of drug-likeness (QED) is 0.758. The zero-order valence-electron chi connectivity index (χ0n) is 14.4. The average molecular weight is 340 g/mol. The Balaban J connectivity index is 1.89. The van der Waals surface area contributed by atoms with Crippen molar-refractivity contribution in [1.29, 1.82) is 0 Å². The molecule has 1 unspecified atom stereocenters. The number of nitrogens with one attached hydrogen (secondary N) is 1. The Bertz CT molecular complexity index is 975. The second-order valence-electron chi connectivity index (χ2n) is 5.76. The van der Waals surface area contributed by atoms with E-state index < -0.39 is 0 Å². The topological polar surface area (TPSA) is 94.7 Å². The van der Waals surface area contributed by atoms with Crippen molar-refractivity contribution in [2.24, 2.45) is 7.05 Å².